The van der Waals surface area contributed by atoms with Gasteiger partial charge in [0.25, 0.3) is 5.69 Å². The second kappa shape index (κ2) is 5.00. The highest BCUT2D eigenvalue weighted by molar-refractivity contribution is 6.32. The van der Waals surface area contributed by atoms with Gasteiger partial charge in [0, 0.05) is 6.54 Å². The van der Waals surface area contributed by atoms with E-state index in [1.807, 2.05) is 0 Å². The number of hydrogen-bond acceptors (Lipinski definition) is 5. The highest BCUT2D eigenvalue weighted by atomic mass is 35.5. The monoisotopic (exact) mass is 246 g/mol. The van der Waals surface area contributed by atoms with Crippen LogP contribution in [0.3, 0.4) is 0 Å². The van der Waals surface area contributed by atoms with Crippen molar-refractivity contribution in [3.8, 4) is 5.75 Å². The smallest absolute Gasteiger partial charge is 0.296 e. The number of anilines is 1. The molecule has 0 amide bonds. The summed E-state index contributed by atoms with van der Waals surface area (Å²) in [5.74, 6) is -0.351. The van der Waals surface area contributed by atoms with Gasteiger partial charge in [0.15, 0.2) is 0 Å². The average Bonchev–Trinajstić information content (AvgIpc) is 2.18. The van der Waals surface area contributed by atoms with Crippen molar-refractivity contribution < 1.29 is 15.1 Å². The summed E-state index contributed by atoms with van der Waals surface area (Å²) in [6.07, 6.45) is -0.646. The van der Waals surface area contributed by atoms with E-state index in [2.05, 4.69) is 5.32 Å². The number of nitro benzene ring substituents is 1. The lowest BCUT2D eigenvalue weighted by molar-refractivity contribution is -0.384. The van der Waals surface area contributed by atoms with Gasteiger partial charge in [0.2, 0.25) is 0 Å². The lowest BCUT2D eigenvalue weighted by Gasteiger charge is -2.09. The molecule has 1 atom stereocenters. The van der Waals surface area contributed by atoms with Crippen LogP contribution in [0.15, 0.2) is 12.1 Å². The van der Waals surface area contributed by atoms with Crippen molar-refractivity contribution >= 4 is 23.0 Å². The summed E-state index contributed by atoms with van der Waals surface area (Å²) in [5.41, 5.74) is -0.128. The largest absolute Gasteiger partial charge is 0.506 e. The summed E-state index contributed by atoms with van der Waals surface area (Å²) < 4.78 is 0. The molecule has 88 valence electrons. The van der Waals surface area contributed by atoms with E-state index in [-0.39, 0.29) is 28.7 Å². The van der Waals surface area contributed by atoms with Crippen LogP contribution < -0.4 is 5.32 Å². The fraction of sp³-hybridized carbons (Fsp3) is 0.333. The molecule has 7 heteroatoms. The van der Waals surface area contributed by atoms with Crippen LogP contribution in [0.5, 0.6) is 5.75 Å². The van der Waals surface area contributed by atoms with E-state index in [1.54, 1.807) is 6.92 Å². The molecule has 1 aromatic carbocycles. The maximum atomic E-state index is 10.7. The van der Waals surface area contributed by atoms with Gasteiger partial charge in [0.1, 0.15) is 11.4 Å². The molecule has 0 bridgehead atoms. The van der Waals surface area contributed by atoms with Crippen molar-refractivity contribution in [2.45, 2.75) is 13.0 Å². The molecule has 0 aromatic heterocycles. The Balaban J connectivity index is 3.05. The molecule has 6 nitrogen and oxygen atoms in total. The second-order valence-electron chi connectivity index (χ2n) is 3.31. The summed E-state index contributed by atoms with van der Waals surface area (Å²) in [5, 5.41) is 31.7. The first kappa shape index (κ1) is 12.5. The highest BCUT2D eigenvalue weighted by Crippen LogP contribution is 2.34. The molecule has 1 aromatic rings. The van der Waals surface area contributed by atoms with Crippen molar-refractivity contribution in [2.24, 2.45) is 0 Å². The Morgan fingerprint density at radius 3 is 2.75 bits per heavy atom. The Bertz CT molecular complexity index is 409. The first-order valence-corrected chi connectivity index (χ1v) is 4.88. The fourth-order valence-corrected chi connectivity index (χ4v) is 1.26. The maximum Gasteiger partial charge on any atom is 0.296 e. The van der Waals surface area contributed by atoms with Crippen molar-refractivity contribution in [3.05, 3.63) is 27.3 Å². The third kappa shape index (κ3) is 2.98. The topological polar surface area (TPSA) is 95.6 Å². The molecule has 0 aliphatic rings. The van der Waals surface area contributed by atoms with E-state index >= 15 is 0 Å². The number of aliphatic hydroxyl groups is 1. The molecular formula is C9H11ClN2O4. The molecule has 0 fully saturated rings. The van der Waals surface area contributed by atoms with Crippen molar-refractivity contribution in [1.29, 1.82) is 0 Å². The van der Waals surface area contributed by atoms with Gasteiger partial charge in [-0.1, -0.05) is 11.6 Å². The summed E-state index contributed by atoms with van der Waals surface area (Å²) in [7, 11) is 0. The van der Waals surface area contributed by atoms with Crippen LogP contribution >= 0.6 is 11.6 Å². The van der Waals surface area contributed by atoms with Gasteiger partial charge >= 0.3 is 0 Å². The first-order valence-electron chi connectivity index (χ1n) is 4.50. The Morgan fingerprint density at radius 2 is 2.25 bits per heavy atom. The molecule has 0 saturated carbocycles. The SMILES string of the molecule is CC(O)CNc1cc(Cl)c(O)cc1[N+](=O)[O-]. The average molecular weight is 247 g/mol. The Morgan fingerprint density at radius 1 is 1.62 bits per heavy atom. The Hall–Kier alpha value is -1.53. The maximum absolute atomic E-state index is 10.7. The van der Waals surface area contributed by atoms with Crippen molar-refractivity contribution in [3.63, 3.8) is 0 Å². The predicted octanol–water partition coefficient (Wildman–Crippen LogP) is 1.75. The zero-order chi connectivity index (χ0) is 12.3. The molecule has 1 rings (SSSR count). The Kier molecular flexibility index (Phi) is 3.92. The quantitative estimate of drug-likeness (QED) is 0.427. The summed E-state index contributed by atoms with van der Waals surface area (Å²) in [6.45, 7) is 1.70. The number of nitro groups is 1. The van der Waals surface area contributed by atoms with Gasteiger partial charge in [-0.15, -0.1) is 0 Å². The highest BCUT2D eigenvalue weighted by Gasteiger charge is 2.17. The van der Waals surface area contributed by atoms with Crippen LogP contribution in [0, 0.1) is 10.1 Å². The minimum atomic E-state index is -0.646. The van der Waals surface area contributed by atoms with Crippen molar-refractivity contribution in [1.82, 2.24) is 0 Å². The molecule has 0 aliphatic carbocycles. The minimum Gasteiger partial charge on any atom is -0.506 e. The minimum absolute atomic E-state index is 0.0127. The third-order valence-corrected chi connectivity index (χ3v) is 2.15. The van der Waals surface area contributed by atoms with Gasteiger partial charge in [-0.25, -0.2) is 0 Å². The van der Waals surface area contributed by atoms with Gasteiger partial charge in [0.05, 0.1) is 22.1 Å². The summed E-state index contributed by atoms with van der Waals surface area (Å²) >= 11 is 5.63. The van der Waals surface area contributed by atoms with Crippen LogP contribution in [-0.4, -0.2) is 27.8 Å². The molecule has 1 unspecified atom stereocenters. The van der Waals surface area contributed by atoms with Crippen LogP contribution in [0.25, 0.3) is 0 Å². The number of rotatable bonds is 4. The lowest BCUT2D eigenvalue weighted by Crippen LogP contribution is -2.16. The van der Waals surface area contributed by atoms with Gasteiger partial charge in [-0.3, -0.25) is 10.1 Å². The molecule has 16 heavy (non-hydrogen) atoms. The molecule has 3 N–H and O–H groups in total. The summed E-state index contributed by atoms with van der Waals surface area (Å²) in [4.78, 5) is 10.0. The van der Waals surface area contributed by atoms with E-state index in [4.69, 9.17) is 16.7 Å². The number of hydrogen-bond donors (Lipinski definition) is 3. The molecule has 0 heterocycles. The molecule has 0 aliphatic heterocycles. The normalized spacial score (nSPS) is 12.2. The number of nitrogens with one attached hydrogen (secondary N) is 1. The second-order valence-corrected chi connectivity index (χ2v) is 3.72. The molecule has 0 radical (unpaired) electrons. The number of aliphatic hydroxyl groups excluding tert-OH is 1. The van der Waals surface area contributed by atoms with Gasteiger partial charge < -0.3 is 15.5 Å². The van der Waals surface area contributed by atoms with E-state index in [1.165, 1.54) is 6.07 Å². The zero-order valence-corrected chi connectivity index (χ0v) is 9.23. The predicted molar refractivity (Wildman–Crippen MR) is 59.9 cm³/mol. The third-order valence-electron chi connectivity index (χ3n) is 1.85. The lowest BCUT2D eigenvalue weighted by atomic mass is 10.2. The van der Waals surface area contributed by atoms with Crippen LogP contribution in [0.4, 0.5) is 11.4 Å². The number of phenolic OH excluding ortho intramolecular Hbond substituents is 1. The van der Waals surface area contributed by atoms with E-state index in [9.17, 15) is 15.2 Å². The summed E-state index contributed by atoms with van der Waals surface area (Å²) in [6, 6.07) is 2.21. The van der Waals surface area contributed by atoms with Crippen molar-refractivity contribution in [2.75, 3.05) is 11.9 Å². The molecule has 0 spiro atoms. The molecule has 0 saturated heterocycles. The number of phenols is 1. The van der Waals surface area contributed by atoms with E-state index < -0.39 is 11.0 Å². The number of benzene rings is 1. The number of aromatic hydroxyl groups is 1. The van der Waals surface area contributed by atoms with E-state index in [0.29, 0.717) is 0 Å². The van der Waals surface area contributed by atoms with Crippen LogP contribution in [-0.2, 0) is 0 Å². The standard InChI is InChI=1S/C9H11ClN2O4/c1-5(13)4-11-7-2-6(10)9(14)3-8(7)12(15)16/h2-3,5,11,13-14H,4H2,1H3. The number of halogens is 1. The van der Waals surface area contributed by atoms with Gasteiger partial charge in [-0.2, -0.15) is 0 Å². The van der Waals surface area contributed by atoms with E-state index in [0.717, 1.165) is 6.07 Å². The Labute approximate surface area is 96.6 Å². The van der Waals surface area contributed by atoms with Crippen LogP contribution in [0.2, 0.25) is 5.02 Å². The van der Waals surface area contributed by atoms with Crippen LogP contribution in [0.1, 0.15) is 6.92 Å². The fourth-order valence-electron chi connectivity index (χ4n) is 1.10. The zero-order valence-electron chi connectivity index (χ0n) is 8.48. The first-order chi connectivity index (χ1) is 7.41. The molecular weight excluding hydrogens is 236 g/mol. The van der Waals surface area contributed by atoms with Gasteiger partial charge in [-0.05, 0) is 13.0 Å². The number of nitrogens with zero attached hydrogens (tertiary/aromatic N) is 1.